The third-order valence-electron chi connectivity index (χ3n) is 4.42. The van der Waals surface area contributed by atoms with Crippen LogP contribution < -0.4 is 5.32 Å². The molecule has 1 N–H and O–H groups in total. The van der Waals surface area contributed by atoms with Gasteiger partial charge in [-0.15, -0.1) is 0 Å². The van der Waals surface area contributed by atoms with Crippen LogP contribution in [0.4, 0.5) is 19.0 Å². The van der Waals surface area contributed by atoms with Gasteiger partial charge in [-0.25, -0.2) is 9.97 Å². The Kier molecular flexibility index (Phi) is 3.52. The molecule has 1 heterocycles. The van der Waals surface area contributed by atoms with E-state index in [-0.39, 0.29) is 11.1 Å². The van der Waals surface area contributed by atoms with E-state index in [1.165, 1.54) is 25.7 Å². The van der Waals surface area contributed by atoms with Crippen molar-refractivity contribution in [3.63, 3.8) is 0 Å². The SMILES string of the molecule is FC(F)(F)c1cc(NCC2CC3CCC2C3)nc(Cl)n1. The molecule has 2 aliphatic carbocycles. The molecule has 3 atom stereocenters. The number of fused-ring (bicyclic) bond motifs is 2. The highest BCUT2D eigenvalue weighted by atomic mass is 35.5. The molecule has 2 bridgehead atoms. The van der Waals surface area contributed by atoms with Crippen molar-refractivity contribution in [2.45, 2.75) is 31.9 Å². The molecule has 3 unspecified atom stereocenters. The molecule has 3 nitrogen and oxygen atoms in total. The van der Waals surface area contributed by atoms with E-state index in [9.17, 15) is 13.2 Å². The average molecular weight is 306 g/mol. The number of rotatable bonds is 3. The molecule has 0 saturated heterocycles. The average Bonchev–Trinajstić information content (AvgIpc) is 2.96. The van der Waals surface area contributed by atoms with Crippen LogP contribution in [-0.4, -0.2) is 16.5 Å². The summed E-state index contributed by atoms with van der Waals surface area (Å²) in [6.45, 7) is 0.659. The highest BCUT2D eigenvalue weighted by Gasteiger charge is 2.39. The van der Waals surface area contributed by atoms with Crippen LogP contribution in [0.25, 0.3) is 0 Å². The molecule has 0 aromatic carbocycles. The second-order valence-electron chi connectivity index (χ2n) is 5.72. The number of hydrogen-bond acceptors (Lipinski definition) is 3. The van der Waals surface area contributed by atoms with Gasteiger partial charge < -0.3 is 5.32 Å². The second-order valence-corrected chi connectivity index (χ2v) is 6.06. The lowest BCUT2D eigenvalue weighted by Gasteiger charge is -2.22. The van der Waals surface area contributed by atoms with Gasteiger partial charge in [-0.2, -0.15) is 13.2 Å². The molecule has 2 aliphatic rings. The van der Waals surface area contributed by atoms with Crippen LogP contribution in [0.1, 0.15) is 31.4 Å². The van der Waals surface area contributed by atoms with E-state index in [0.29, 0.717) is 18.4 Å². The molecule has 0 aliphatic heterocycles. The fourth-order valence-electron chi connectivity index (χ4n) is 3.52. The minimum Gasteiger partial charge on any atom is -0.370 e. The van der Waals surface area contributed by atoms with Crippen molar-refractivity contribution in [3.8, 4) is 0 Å². The lowest BCUT2D eigenvalue weighted by molar-refractivity contribution is -0.141. The van der Waals surface area contributed by atoms with Gasteiger partial charge in [0, 0.05) is 12.6 Å². The van der Waals surface area contributed by atoms with Gasteiger partial charge in [-0.1, -0.05) is 6.42 Å². The first-order valence-corrected chi connectivity index (χ1v) is 7.15. The molecule has 0 radical (unpaired) electrons. The Labute approximate surface area is 119 Å². The first-order valence-electron chi connectivity index (χ1n) is 6.77. The lowest BCUT2D eigenvalue weighted by Crippen LogP contribution is -2.21. The van der Waals surface area contributed by atoms with Crippen LogP contribution in [0, 0.1) is 17.8 Å². The van der Waals surface area contributed by atoms with Crippen LogP contribution in [0.3, 0.4) is 0 Å². The first kappa shape index (κ1) is 13.9. The second kappa shape index (κ2) is 5.06. The molecule has 2 fully saturated rings. The first-order chi connectivity index (χ1) is 9.41. The molecule has 1 aromatic heterocycles. The fourth-order valence-corrected chi connectivity index (χ4v) is 3.70. The number of alkyl halides is 3. The lowest BCUT2D eigenvalue weighted by atomic mass is 9.89. The molecule has 20 heavy (non-hydrogen) atoms. The largest absolute Gasteiger partial charge is 0.433 e. The normalized spacial score (nSPS) is 28.9. The smallest absolute Gasteiger partial charge is 0.370 e. The van der Waals surface area contributed by atoms with E-state index < -0.39 is 11.9 Å². The molecule has 0 spiro atoms. The number of anilines is 1. The molecule has 1 aromatic rings. The Morgan fingerprint density at radius 1 is 1.25 bits per heavy atom. The van der Waals surface area contributed by atoms with E-state index in [1.54, 1.807) is 0 Å². The van der Waals surface area contributed by atoms with Crippen molar-refractivity contribution in [2.24, 2.45) is 17.8 Å². The van der Waals surface area contributed by atoms with Crippen LogP contribution in [0.5, 0.6) is 0 Å². The molecule has 0 amide bonds. The maximum absolute atomic E-state index is 12.6. The van der Waals surface area contributed by atoms with Gasteiger partial charge in [0.05, 0.1) is 0 Å². The molecule has 2 saturated carbocycles. The summed E-state index contributed by atoms with van der Waals surface area (Å²) in [7, 11) is 0. The molecular formula is C13H15ClF3N3. The Balaban J connectivity index is 1.67. The summed E-state index contributed by atoms with van der Waals surface area (Å²) in [6.07, 6.45) is 0.483. The molecule has 3 rings (SSSR count). The third kappa shape index (κ3) is 2.85. The van der Waals surface area contributed by atoms with E-state index >= 15 is 0 Å². The summed E-state index contributed by atoms with van der Waals surface area (Å²) in [5.74, 6) is 2.22. The zero-order valence-corrected chi connectivity index (χ0v) is 11.5. The molecule has 7 heteroatoms. The van der Waals surface area contributed by atoms with Crippen molar-refractivity contribution in [1.29, 1.82) is 0 Å². The van der Waals surface area contributed by atoms with Gasteiger partial charge in [0.1, 0.15) is 5.82 Å². The van der Waals surface area contributed by atoms with E-state index in [1.807, 2.05) is 0 Å². The summed E-state index contributed by atoms with van der Waals surface area (Å²) in [4.78, 5) is 7.03. The monoisotopic (exact) mass is 305 g/mol. The van der Waals surface area contributed by atoms with E-state index in [2.05, 4.69) is 15.3 Å². The predicted octanol–water partition coefficient (Wildman–Crippen LogP) is 4.00. The molecule has 110 valence electrons. The predicted molar refractivity (Wildman–Crippen MR) is 69.5 cm³/mol. The quantitative estimate of drug-likeness (QED) is 0.858. The van der Waals surface area contributed by atoms with E-state index in [4.69, 9.17) is 11.6 Å². The zero-order chi connectivity index (χ0) is 14.3. The summed E-state index contributed by atoms with van der Waals surface area (Å²) in [5, 5.41) is 2.61. The Morgan fingerprint density at radius 3 is 2.65 bits per heavy atom. The minimum absolute atomic E-state index is 0.153. The summed E-state index contributed by atoms with van der Waals surface area (Å²) >= 11 is 5.55. The highest BCUT2D eigenvalue weighted by molar-refractivity contribution is 6.28. The van der Waals surface area contributed by atoms with Gasteiger partial charge in [0.15, 0.2) is 5.69 Å². The Bertz CT molecular complexity index is 506. The summed E-state index contributed by atoms with van der Waals surface area (Å²) in [6, 6.07) is 0.916. The van der Waals surface area contributed by atoms with Gasteiger partial charge >= 0.3 is 6.18 Å². The summed E-state index contributed by atoms with van der Waals surface area (Å²) in [5.41, 5.74) is -1.01. The maximum Gasteiger partial charge on any atom is 0.433 e. The van der Waals surface area contributed by atoms with Gasteiger partial charge in [0.2, 0.25) is 5.28 Å². The fraction of sp³-hybridized carbons (Fsp3) is 0.692. The maximum atomic E-state index is 12.6. The van der Waals surface area contributed by atoms with Crippen molar-refractivity contribution >= 4 is 17.4 Å². The van der Waals surface area contributed by atoms with Crippen LogP contribution >= 0.6 is 11.6 Å². The van der Waals surface area contributed by atoms with Gasteiger partial charge in [0.25, 0.3) is 0 Å². The standard InChI is InChI=1S/C13H15ClF3N3/c14-12-19-10(13(15,16)17)5-11(20-12)18-6-9-4-7-1-2-8(9)3-7/h5,7-9H,1-4,6H2,(H,18,19,20). The number of nitrogens with zero attached hydrogens (tertiary/aromatic N) is 2. The van der Waals surface area contributed by atoms with Crippen molar-refractivity contribution in [2.75, 3.05) is 11.9 Å². The van der Waals surface area contributed by atoms with E-state index in [0.717, 1.165) is 12.0 Å². The number of halogens is 4. The van der Waals surface area contributed by atoms with Crippen LogP contribution in [0.15, 0.2) is 6.07 Å². The van der Waals surface area contributed by atoms with Crippen molar-refractivity contribution in [1.82, 2.24) is 9.97 Å². The topological polar surface area (TPSA) is 37.8 Å². The zero-order valence-electron chi connectivity index (χ0n) is 10.8. The van der Waals surface area contributed by atoms with Gasteiger partial charge in [-0.3, -0.25) is 0 Å². The third-order valence-corrected chi connectivity index (χ3v) is 4.59. The number of hydrogen-bond donors (Lipinski definition) is 1. The Morgan fingerprint density at radius 2 is 2.05 bits per heavy atom. The van der Waals surface area contributed by atoms with Crippen LogP contribution in [-0.2, 0) is 6.18 Å². The van der Waals surface area contributed by atoms with Crippen molar-refractivity contribution in [3.05, 3.63) is 17.0 Å². The minimum atomic E-state index is -4.50. The number of aromatic nitrogens is 2. The Hall–Kier alpha value is -1.04. The number of nitrogens with one attached hydrogen (secondary N) is 1. The van der Waals surface area contributed by atoms with Crippen LogP contribution in [0.2, 0.25) is 5.28 Å². The summed E-state index contributed by atoms with van der Waals surface area (Å²) < 4.78 is 37.9. The van der Waals surface area contributed by atoms with Gasteiger partial charge in [-0.05, 0) is 48.6 Å². The highest BCUT2D eigenvalue weighted by Crippen LogP contribution is 2.48. The van der Waals surface area contributed by atoms with Crippen molar-refractivity contribution < 1.29 is 13.2 Å². The molecular weight excluding hydrogens is 291 g/mol.